The fraction of sp³-hybridized carbons (Fsp3) is 0.375. The Balaban J connectivity index is 1.66. The molecule has 2 aromatic rings. The minimum absolute atomic E-state index is 0.203. The zero-order valence-corrected chi connectivity index (χ0v) is 19.1. The molecule has 3 rings (SSSR count). The zero-order chi connectivity index (χ0) is 22.9. The van der Waals surface area contributed by atoms with Crippen LogP contribution in [-0.2, 0) is 22.4 Å². The second-order valence-electron chi connectivity index (χ2n) is 7.35. The highest BCUT2D eigenvalue weighted by atomic mass is 32.1. The molecule has 32 heavy (non-hydrogen) atoms. The predicted molar refractivity (Wildman–Crippen MR) is 125 cm³/mol. The highest BCUT2D eigenvalue weighted by Gasteiger charge is 2.27. The first-order chi connectivity index (χ1) is 15.5. The van der Waals surface area contributed by atoms with Crippen molar-refractivity contribution in [3.05, 3.63) is 51.9 Å². The van der Waals surface area contributed by atoms with Crippen LogP contribution < -0.4 is 15.4 Å². The van der Waals surface area contributed by atoms with E-state index in [4.69, 9.17) is 9.47 Å². The Morgan fingerprint density at radius 2 is 2.12 bits per heavy atom. The fourth-order valence-electron chi connectivity index (χ4n) is 3.62. The number of carbonyl (C=O) groups excluding carboxylic acids is 2. The van der Waals surface area contributed by atoms with E-state index in [1.807, 2.05) is 38.1 Å². The van der Waals surface area contributed by atoms with Crippen molar-refractivity contribution in [3.63, 3.8) is 0 Å². The van der Waals surface area contributed by atoms with Crippen molar-refractivity contribution in [3.8, 4) is 11.8 Å². The average molecular weight is 454 g/mol. The molecule has 2 N–H and O–H groups in total. The maximum atomic E-state index is 12.5. The first kappa shape index (κ1) is 23.4. The summed E-state index contributed by atoms with van der Waals surface area (Å²) in [6.45, 7) is 5.16. The Labute approximate surface area is 192 Å². The Kier molecular flexibility index (Phi) is 8.28. The van der Waals surface area contributed by atoms with Crippen LogP contribution >= 0.6 is 11.3 Å². The quantitative estimate of drug-likeness (QED) is 0.572. The number of alkyl carbamates (subject to hydrolysis) is 1. The number of nitrogens with one attached hydrogen (secondary N) is 2. The summed E-state index contributed by atoms with van der Waals surface area (Å²) in [6, 6.07) is 9.74. The second-order valence-corrected chi connectivity index (χ2v) is 8.46. The Morgan fingerprint density at radius 1 is 1.31 bits per heavy atom. The SMILES string of the molecule is CCNC(=O)OCC1CCc2c(sc(NC(=O)/C=C/c3ccccc3OCC)c2C#N)C1. The predicted octanol–water partition coefficient (Wildman–Crippen LogP) is 4.52. The number of amides is 2. The van der Waals surface area contributed by atoms with Crippen molar-refractivity contribution in [1.82, 2.24) is 5.32 Å². The molecule has 1 unspecified atom stereocenters. The van der Waals surface area contributed by atoms with Crippen LogP contribution in [0, 0.1) is 17.2 Å². The van der Waals surface area contributed by atoms with Crippen LogP contribution in [0.4, 0.5) is 9.80 Å². The molecule has 0 saturated heterocycles. The van der Waals surface area contributed by atoms with E-state index in [0.717, 1.165) is 35.3 Å². The Bertz CT molecular complexity index is 1040. The van der Waals surface area contributed by atoms with E-state index in [0.29, 0.717) is 36.1 Å². The molecule has 0 spiro atoms. The number of ether oxygens (including phenoxy) is 2. The molecule has 1 aromatic heterocycles. The lowest BCUT2D eigenvalue weighted by Gasteiger charge is -2.21. The molecule has 8 heteroatoms. The number of fused-ring (bicyclic) bond motifs is 1. The summed E-state index contributed by atoms with van der Waals surface area (Å²) >= 11 is 1.43. The minimum Gasteiger partial charge on any atom is -0.493 e. The van der Waals surface area contributed by atoms with Gasteiger partial charge in [0.2, 0.25) is 5.91 Å². The number of hydrogen-bond donors (Lipinski definition) is 2. The molecule has 2 amide bonds. The normalized spacial score (nSPS) is 15.0. The van der Waals surface area contributed by atoms with E-state index in [1.165, 1.54) is 17.4 Å². The lowest BCUT2D eigenvalue weighted by molar-refractivity contribution is -0.111. The lowest BCUT2D eigenvalue weighted by Crippen LogP contribution is -2.27. The molecule has 7 nitrogen and oxygen atoms in total. The van der Waals surface area contributed by atoms with E-state index >= 15 is 0 Å². The van der Waals surface area contributed by atoms with Gasteiger partial charge in [0, 0.05) is 23.1 Å². The maximum Gasteiger partial charge on any atom is 0.407 e. The third-order valence-corrected chi connectivity index (χ3v) is 6.29. The Hall–Kier alpha value is -3.31. The number of thiophene rings is 1. The number of rotatable bonds is 8. The molecule has 0 radical (unpaired) electrons. The largest absolute Gasteiger partial charge is 0.493 e. The highest BCUT2D eigenvalue weighted by molar-refractivity contribution is 7.16. The number of benzene rings is 1. The number of nitriles is 1. The van der Waals surface area contributed by atoms with Crippen LogP contribution in [0.3, 0.4) is 0 Å². The standard InChI is InChI=1S/C24H27N3O4S/c1-3-26-24(29)31-15-16-9-11-18-19(14-25)23(32-21(18)13-16)27-22(28)12-10-17-7-5-6-8-20(17)30-4-2/h5-8,10,12,16H,3-4,9,11,13,15H2,1-2H3,(H,26,29)(H,27,28)/b12-10+. The molecule has 168 valence electrons. The smallest absolute Gasteiger partial charge is 0.407 e. The van der Waals surface area contributed by atoms with Crippen molar-refractivity contribution in [2.75, 3.05) is 25.1 Å². The first-order valence-electron chi connectivity index (χ1n) is 10.7. The van der Waals surface area contributed by atoms with Crippen molar-refractivity contribution >= 4 is 34.4 Å². The van der Waals surface area contributed by atoms with Gasteiger partial charge in [0.05, 0.1) is 18.8 Å². The van der Waals surface area contributed by atoms with Gasteiger partial charge in [-0.15, -0.1) is 11.3 Å². The number of para-hydroxylation sites is 1. The average Bonchev–Trinajstić information content (AvgIpc) is 3.13. The van der Waals surface area contributed by atoms with Gasteiger partial charge in [-0.2, -0.15) is 5.26 Å². The van der Waals surface area contributed by atoms with Crippen LogP contribution in [0.15, 0.2) is 30.3 Å². The summed E-state index contributed by atoms with van der Waals surface area (Å²) in [4.78, 5) is 25.1. The van der Waals surface area contributed by atoms with Crippen molar-refractivity contribution in [2.24, 2.45) is 5.92 Å². The molecule has 1 aromatic carbocycles. The topological polar surface area (TPSA) is 100 Å². The monoisotopic (exact) mass is 453 g/mol. The van der Waals surface area contributed by atoms with E-state index in [-0.39, 0.29) is 11.8 Å². The van der Waals surface area contributed by atoms with E-state index in [1.54, 1.807) is 6.08 Å². The van der Waals surface area contributed by atoms with E-state index < -0.39 is 6.09 Å². The molecule has 1 heterocycles. The number of carbonyl (C=O) groups is 2. The Morgan fingerprint density at radius 3 is 2.88 bits per heavy atom. The van der Waals surface area contributed by atoms with Crippen LogP contribution in [0.1, 0.15) is 41.8 Å². The molecule has 0 saturated carbocycles. The van der Waals surface area contributed by atoms with Gasteiger partial charge in [-0.1, -0.05) is 18.2 Å². The van der Waals surface area contributed by atoms with Gasteiger partial charge < -0.3 is 20.1 Å². The molecule has 0 fully saturated rings. The first-order valence-corrected chi connectivity index (χ1v) is 11.5. The zero-order valence-electron chi connectivity index (χ0n) is 18.3. The van der Waals surface area contributed by atoms with Crippen molar-refractivity contribution in [2.45, 2.75) is 33.1 Å². The second kappa shape index (κ2) is 11.3. The fourth-order valence-corrected chi connectivity index (χ4v) is 4.93. The van der Waals surface area contributed by atoms with Crippen LogP contribution in [0.2, 0.25) is 0 Å². The summed E-state index contributed by atoms with van der Waals surface area (Å²) in [5.41, 5.74) is 2.34. The van der Waals surface area contributed by atoms with Crippen LogP contribution in [-0.4, -0.2) is 31.8 Å². The summed E-state index contributed by atoms with van der Waals surface area (Å²) in [7, 11) is 0. The van der Waals surface area contributed by atoms with Gasteiger partial charge in [0.1, 0.15) is 16.8 Å². The maximum absolute atomic E-state index is 12.5. The summed E-state index contributed by atoms with van der Waals surface area (Å²) in [5.74, 6) is 0.612. The molecule has 0 aliphatic heterocycles. The van der Waals surface area contributed by atoms with Gasteiger partial charge in [0.25, 0.3) is 0 Å². The molecule has 1 atom stereocenters. The minimum atomic E-state index is -0.409. The third-order valence-electron chi connectivity index (χ3n) is 5.12. The van der Waals surface area contributed by atoms with Gasteiger partial charge in [0.15, 0.2) is 0 Å². The summed E-state index contributed by atoms with van der Waals surface area (Å²) in [6.07, 6.45) is 5.02. The van der Waals surface area contributed by atoms with Crippen LogP contribution in [0.25, 0.3) is 6.08 Å². The van der Waals surface area contributed by atoms with E-state index in [2.05, 4.69) is 16.7 Å². The molecular formula is C24H27N3O4S. The van der Waals surface area contributed by atoms with E-state index in [9.17, 15) is 14.9 Å². The number of hydrogen-bond acceptors (Lipinski definition) is 6. The van der Waals surface area contributed by atoms with Crippen molar-refractivity contribution < 1.29 is 19.1 Å². The molecule has 0 bridgehead atoms. The molecule has 1 aliphatic carbocycles. The lowest BCUT2D eigenvalue weighted by atomic mass is 9.88. The molecule has 1 aliphatic rings. The number of nitrogens with zero attached hydrogens (tertiary/aromatic N) is 1. The van der Waals surface area contributed by atoms with Gasteiger partial charge in [-0.25, -0.2) is 4.79 Å². The highest BCUT2D eigenvalue weighted by Crippen LogP contribution is 2.39. The van der Waals surface area contributed by atoms with Crippen LogP contribution in [0.5, 0.6) is 5.75 Å². The van der Waals surface area contributed by atoms with Gasteiger partial charge in [-0.3, -0.25) is 4.79 Å². The third kappa shape index (κ3) is 5.89. The number of anilines is 1. The van der Waals surface area contributed by atoms with Gasteiger partial charge >= 0.3 is 6.09 Å². The van der Waals surface area contributed by atoms with Gasteiger partial charge in [-0.05, 0) is 56.7 Å². The molecular weight excluding hydrogens is 426 g/mol. The summed E-state index contributed by atoms with van der Waals surface area (Å²) in [5, 5.41) is 15.7. The summed E-state index contributed by atoms with van der Waals surface area (Å²) < 4.78 is 10.8. The van der Waals surface area contributed by atoms with Crippen molar-refractivity contribution in [1.29, 1.82) is 5.26 Å².